The molecule has 0 aliphatic carbocycles. The molecule has 0 spiro atoms. The van der Waals surface area contributed by atoms with E-state index in [1.807, 2.05) is 0 Å². The first-order chi connectivity index (χ1) is 21.3. The molecule has 1 aromatic carbocycles. The molecule has 0 saturated carbocycles. The Morgan fingerprint density at radius 2 is 1.61 bits per heavy atom. The fraction of sp³-hybridized carbons (Fsp3) is 0.571. The average Bonchev–Trinajstić information content (AvgIpc) is 3.02. The number of anilines is 2. The number of nitrogens with one attached hydrogen (secondary N) is 1. The molecule has 5 aliphatic heterocycles. The Morgan fingerprint density at radius 1 is 0.909 bits per heavy atom. The number of aromatic nitrogens is 2. The van der Waals surface area contributed by atoms with Gasteiger partial charge in [0.15, 0.2) is 0 Å². The number of rotatable bonds is 1. The molecule has 1 aromatic heterocycles. The molecule has 2 saturated heterocycles. The molecule has 238 valence electrons. The average molecular weight is 626 g/mol. The van der Waals surface area contributed by atoms with E-state index >= 15 is 13.2 Å². The van der Waals surface area contributed by atoms with Gasteiger partial charge >= 0.3 is 0 Å². The van der Waals surface area contributed by atoms with Gasteiger partial charge in [0.2, 0.25) is 0 Å². The van der Waals surface area contributed by atoms with Gasteiger partial charge in [-0.05, 0) is 87.2 Å². The van der Waals surface area contributed by atoms with E-state index in [-0.39, 0.29) is 22.6 Å². The zero-order chi connectivity index (χ0) is 30.7. The van der Waals surface area contributed by atoms with E-state index in [4.69, 9.17) is 4.98 Å². The first-order valence-corrected chi connectivity index (χ1v) is 18.2. The summed E-state index contributed by atoms with van der Waals surface area (Å²) in [6.45, 7) is 7.68. The molecular formula is C35H46F3N5S. The van der Waals surface area contributed by atoms with Crippen LogP contribution in [0.1, 0.15) is 80.9 Å². The maximum atomic E-state index is 15.8. The minimum absolute atomic E-state index is 0.0511. The number of hydrogen-bond acceptors (Lipinski definition) is 5. The van der Waals surface area contributed by atoms with Crippen molar-refractivity contribution in [3.05, 3.63) is 64.9 Å². The Balaban J connectivity index is 1.32. The maximum absolute atomic E-state index is 15.8. The third-order valence-electron chi connectivity index (χ3n) is 10.1. The van der Waals surface area contributed by atoms with E-state index in [0.717, 1.165) is 80.2 Å². The van der Waals surface area contributed by atoms with Crippen LogP contribution in [0.25, 0.3) is 6.08 Å². The number of nitrogens with zero attached hydrogens (tertiary/aromatic N) is 4. The zero-order valence-electron chi connectivity index (χ0n) is 25.8. The third-order valence-corrected chi connectivity index (χ3v) is 11.7. The SMILES string of the molecule is C=C1C(C2CCS(=C)CC2)=Cc2c3ncnc2N1CCCCCCCCN1CCC(CC1)C(F)(F)c1cccc(c1F)CN3. The molecule has 2 fully saturated rings. The van der Waals surface area contributed by atoms with Crippen molar-refractivity contribution >= 4 is 34.1 Å². The lowest BCUT2D eigenvalue weighted by Crippen LogP contribution is -2.40. The second-order valence-corrected chi connectivity index (χ2v) is 15.0. The minimum atomic E-state index is -3.22. The molecule has 1 N–H and O–H groups in total. The van der Waals surface area contributed by atoms with Gasteiger partial charge in [0.1, 0.15) is 23.8 Å². The van der Waals surface area contributed by atoms with Crippen molar-refractivity contribution in [2.24, 2.45) is 11.8 Å². The van der Waals surface area contributed by atoms with Gasteiger partial charge in [0.25, 0.3) is 5.92 Å². The van der Waals surface area contributed by atoms with Crippen LogP contribution in [0.2, 0.25) is 0 Å². The Kier molecular flexibility index (Phi) is 9.81. The van der Waals surface area contributed by atoms with Crippen LogP contribution in [0, 0.1) is 17.7 Å². The Morgan fingerprint density at radius 3 is 2.36 bits per heavy atom. The summed E-state index contributed by atoms with van der Waals surface area (Å²) in [7, 11) is 0.223. The second kappa shape index (κ2) is 13.8. The van der Waals surface area contributed by atoms with Crippen molar-refractivity contribution in [1.29, 1.82) is 0 Å². The highest BCUT2D eigenvalue weighted by Crippen LogP contribution is 2.45. The Labute approximate surface area is 263 Å². The summed E-state index contributed by atoms with van der Waals surface area (Å²) < 4.78 is 47.4. The highest BCUT2D eigenvalue weighted by atomic mass is 32.2. The Hall–Kier alpha value is -2.65. The van der Waals surface area contributed by atoms with Crippen molar-refractivity contribution in [3.63, 3.8) is 0 Å². The van der Waals surface area contributed by atoms with Crippen LogP contribution in [0.5, 0.6) is 0 Å². The van der Waals surface area contributed by atoms with Crippen molar-refractivity contribution in [1.82, 2.24) is 14.9 Å². The summed E-state index contributed by atoms with van der Waals surface area (Å²) in [5.41, 5.74) is 2.82. The standard InChI is InChI=1S/C35H46F3N5S/c1-25-29(26-14-20-44(2)21-15-26)22-30-33-39-23-27-10-9-11-31(32(27)36)35(37,38)28-12-18-42(19-13-28)16-7-5-3-4-6-8-17-43(25)34(30)41-24-40-33/h9-11,22,24,26,28H,1-8,12-21,23H2,(H,39,40,41). The van der Waals surface area contributed by atoms with Crippen LogP contribution < -0.4 is 10.2 Å². The first-order valence-electron chi connectivity index (χ1n) is 16.5. The molecule has 7 rings (SSSR count). The quantitative estimate of drug-likeness (QED) is 0.324. The highest BCUT2D eigenvalue weighted by Gasteiger charge is 2.44. The number of piperidine rings is 1. The van der Waals surface area contributed by atoms with Crippen LogP contribution in [-0.4, -0.2) is 58.4 Å². The van der Waals surface area contributed by atoms with Gasteiger partial charge in [-0.25, -0.2) is 23.1 Å². The lowest BCUT2D eigenvalue weighted by molar-refractivity contribution is -0.0880. The monoisotopic (exact) mass is 625 g/mol. The highest BCUT2D eigenvalue weighted by molar-refractivity contribution is 8.14. The third kappa shape index (κ3) is 6.64. The molecule has 8 bridgehead atoms. The van der Waals surface area contributed by atoms with Crippen LogP contribution in [0.4, 0.5) is 24.8 Å². The molecule has 0 atom stereocenters. The molecule has 5 aliphatic rings. The summed E-state index contributed by atoms with van der Waals surface area (Å²) in [6.07, 6.45) is 13.4. The second-order valence-electron chi connectivity index (χ2n) is 12.9. The first kappa shape index (κ1) is 31.3. The molecular weight excluding hydrogens is 579 g/mol. The van der Waals surface area contributed by atoms with E-state index in [9.17, 15) is 0 Å². The van der Waals surface area contributed by atoms with E-state index in [2.05, 4.69) is 38.6 Å². The number of benzene rings is 1. The largest absolute Gasteiger partial charge is 0.365 e. The maximum Gasteiger partial charge on any atom is 0.278 e. The predicted molar refractivity (Wildman–Crippen MR) is 178 cm³/mol. The van der Waals surface area contributed by atoms with Crippen molar-refractivity contribution in [3.8, 4) is 0 Å². The molecule has 2 aromatic rings. The molecule has 0 unspecified atom stereocenters. The van der Waals surface area contributed by atoms with Gasteiger partial charge in [-0.1, -0.05) is 56.3 Å². The number of alkyl halides is 2. The molecule has 9 heteroatoms. The van der Waals surface area contributed by atoms with Crippen LogP contribution in [0.15, 0.2) is 42.4 Å². The zero-order valence-corrected chi connectivity index (χ0v) is 26.6. The van der Waals surface area contributed by atoms with E-state index < -0.39 is 23.2 Å². The van der Waals surface area contributed by atoms with Gasteiger partial charge < -0.3 is 15.1 Å². The van der Waals surface area contributed by atoms with Gasteiger partial charge in [-0.15, -0.1) is 0 Å². The number of halogens is 3. The normalized spacial score (nSPS) is 28.3. The molecule has 0 amide bonds. The van der Waals surface area contributed by atoms with E-state index in [0.29, 0.717) is 37.7 Å². The number of allylic oxidation sites excluding steroid dienone is 1. The van der Waals surface area contributed by atoms with Crippen LogP contribution in [-0.2, 0) is 12.5 Å². The summed E-state index contributed by atoms with van der Waals surface area (Å²) in [6, 6.07) is 4.40. The van der Waals surface area contributed by atoms with Gasteiger partial charge in [0.05, 0.1) is 11.1 Å². The van der Waals surface area contributed by atoms with Gasteiger partial charge in [-0.3, -0.25) is 0 Å². The van der Waals surface area contributed by atoms with Crippen LogP contribution in [0.3, 0.4) is 0 Å². The topological polar surface area (TPSA) is 44.3 Å². The van der Waals surface area contributed by atoms with Crippen molar-refractivity contribution < 1.29 is 13.2 Å². The minimum Gasteiger partial charge on any atom is -0.365 e. The summed E-state index contributed by atoms with van der Waals surface area (Å²) >= 11 is 0. The summed E-state index contributed by atoms with van der Waals surface area (Å²) in [5.74, 6) is 3.44. The number of fused-ring (bicyclic) bond motifs is 10. The number of hydrogen-bond donors (Lipinski definition) is 1. The predicted octanol–water partition coefficient (Wildman–Crippen LogP) is 8.21. The van der Waals surface area contributed by atoms with Gasteiger partial charge in [-0.2, -0.15) is 10.5 Å². The van der Waals surface area contributed by atoms with Crippen molar-refractivity contribution in [2.45, 2.75) is 76.7 Å². The molecule has 6 heterocycles. The lowest BCUT2D eigenvalue weighted by Gasteiger charge is -2.37. The van der Waals surface area contributed by atoms with Crippen LogP contribution >= 0.6 is 10.5 Å². The Bertz CT molecular complexity index is 1390. The smallest absolute Gasteiger partial charge is 0.278 e. The fourth-order valence-electron chi connectivity index (χ4n) is 7.37. The summed E-state index contributed by atoms with van der Waals surface area (Å²) in [5, 5.41) is 3.30. The lowest BCUT2D eigenvalue weighted by atomic mass is 9.85. The van der Waals surface area contributed by atoms with E-state index in [1.54, 1.807) is 12.1 Å². The molecule has 44 heavy (non-hydrogen) atoms. The fourth-order valence-corrected chi connectivity index (χ4v) is 8.81. The van der Waals surface area contributed by atoms with E-state index in [1.165, 1.54) is 30.8 Å². The summed E-state index contributed by atoms with van der Waals surface area (Å²) in [4.78, 5) is 13.8. The molecule has 0 radical (unpaired) electrons. The molecule has 5 nitrogen and oxygen atoms in total. The van der Waals surface area contributed by atoms with Gasteiger partial charge in [0, 0.05) is 30.3 Å². The van der Waals surface area contributed by atoms with Crippen molar-refractivity contribution in [2.75, 3.05) is 47.9 Å².